The molecule has 104 valence electrons. The summed E-state index contributed by atoms with van der Waals surface area (Å²) in [5.74, 6) is 0. The van der Waals surface area contributed by atoms with Gasteiger partial charge in [-0.05, 0) is 12.1 Å². The fourth-order valence-corrected chi connectivity index (χ4v) is 1.55. The lowest BCUT2D eigenvalue weighted by atomic mass is 10.1. The van der Waals surface area contributed by atoms with E-state index < -0.39 is 18.3 Å². The lowest BCUT2D eigenvalue weighted by molar-refractivity contribution is -0.0605. The van der Waals surface area contributed by atoms with Crippen LogP contribution in [0.4, 0.5) is 18.9 Å². The van der Waals surface area contributed by atoms with Gasteiger partial charge in [-0.1, -0.05) is 29.3 Å². The number of aliphatic imine (C=N–C) groups is 1. The molecule has 0 bridgehead atoms. The van der Waals surface area contributed by atoms with Crippen molar-refractivity contribution in [1.29, 1.82) is 5.41 Å². The van der Waals surface area contributed by atoms with Crippen LogP contribution in [0.25, 0.3) is 0 Å². The van der Waals surface area contributed by atoms with Crippen LogP contribution in [0.2, 0.25) is 10.0 Å². The topological polar surface area (TPSA) is 62.2 Å². The number of hydrogen-bond acceptors (Lipinski definition) is 3. The average Bonchev–Trinajstić information content (AvgIpc) is 2.32. The van der Waals surface area contributed by atoms with E-state index in [1.54, 1.807) is 6.07 Å². The molecule has 0 saturated carbocycles. The molecule has 0 atom stereocenters. The minimum absolute atomic E-state index is 0.00601. The standard InChI is InChI=1S/C11H10Cl2F3N3/c12-7-2-1-3-8(10(7)13)19-6(5-17)4-9(18)11(14,15)16/h1-3,18H,4-5,17H2. The molecule has 0 radical (unpaired) electrons. The first-order valence-electron chi connectivity index (χ1n) is 5.11. The van der Waals surface area contributed by atoms with Gasteiger partial charge in [0.2, 0.25) is 0 Å². The van der Waals surface area contributed by atoms with Gasteiger partial charge in [0.1, 0.15) is 5.71 Å². The van der Waals surface area contributed by atoms with Crippen molar-refractivity contribution in [2.45, 2.75) is 12.6 Å². The van der Waals surface area contributed by atoms with Crippen LogP contribution in [0.5, 0.6) is 0 Å². The zero-order valence-electron chi connectivity index (χ0n) is 9.56. The summed E-state index contributed by atoms with van der Waals surface area (Å²) < 4.78 is 36.8. The highest BCUT2D eigenvalue weighted by Gasteiger charge is 2.34. The molecule has 0 aromatic heterocycles. The van der Waals surface area contributed by atoms with Gasteiger partial charge in [0.15, 0.2) is 0 Å². The van der Waals surface area contributed by atoms with Crippen molar-refractivity contribution < 1.29 is 13.2 Å². The van der Waals surface area contributed by atoms with Gasteiger partial charge in [-0.25, -0.2) is 0 Å². The predicted molar refractivity (Wildman–Crippen MR) is 71.0 cm³/mol. The molecule has 1 aromatic rings. The summed E-state index contributed by atoms with van der Waals surface area (Å²) in [6, 6.07) is 4.60. The Hall–Kier alpha value is -1.11. The zero-order chi connectivity index (χ0) is 14.6. The minimum atomic E-state index is -4.69. The molecular formula is C11H10Cl2F3N3. The van der Waals surface area contributed by atoms with E-state index in [0.29, 0.717) is 0 Å². The van der Waals surface area contributed by atoms with Crippen LogP contribution in [-0.4, -0.2) is 24.1 Å². The summed E-state index contributed by atoms with van der Waals surface area (Å²) in [4.78, 5) is 3.93. The van der Waals surface area contributed by atoms with Crippen LogP contribution >= 0.6 is 23.2 Å². The largest absolute Gasteiger partial charge is 0.429 e. The highest BCUT2D eigenvalue weighted by atomic mass is 35.5. The van der Waals surface area contributed by atoms with Crippen LogP contribution < -0.4 is 5.73 Å². The number of nitrogens with two attached hydrogens (primary N) is 1. The molecule has 0 fully saturated rings. The number of nitrogens with one attached hydrogen (secondary N) is 1. The molecule has 1 aromatic carbocycles. The van der Waals surface area contributed by atoms with Gasteiger partial charge in [0, 0.05) is 18.7 Å². The first kappa shape index (κ1) is 15.9. The summed E-state index contributed by atoms with van der Waals surface area (Å²) in [7, 11) is 0. The number of nitrogens with zero attached hydrogens (tertiary/aromatic N) is 1. The van der Waals surface area contributed by atoms with Crippen molar-refractivity contribution in [3.63, 3.8) is 0 Å². The third-order valence-corrected chi connectivity index (χ3v) is 2.98. The molecule has 0 aliphatic heterocycles. The number of halogens is 5. The van der Waals surface area contributed by atoms with Crippen molar-refractivity contribution in [3.8, 4) is 0 Å². The summed E-state index contributed by atoms with van der Waals surface area (Å²) in [6.45, 7) is -0.207. The first-order valence-corrected chi connectivity index (χ1v) is 5.86. The summed E-state index contributed by atoms with van der Waals surface area (Å²) >= 11 is 11.6. The zero-order valence-corrected chi connectivity index (χ0v) is 11.1. The molecular weight excluding hydrogens is 302 g/mol. The molecule has 1 rings (SSSR count). The molecule has 0 amide bonds. The first-order chi connectivity index (χ1) is 8.75. The highest BCUT2D eigenvalue weighted by Crippen LogP contribution is 2.32. The maximum atomic E-state index is 12.3. The Morgan fingerprint density at radius 3 is 2.47 bits per heavy atom. The van der Waals surface area contributed by atoms with Crippen molar-refractivity contribution >= 4 is 40.3 Å². The molecule has 3 N–H and O–H groups in total. The fraction of sp³-hybridized carbons (Fsp3) is 0.273. The van der Waals surface area contributed by atoms with E-state index in [4.69, 9.17) is 34.3 Å². The quantitative estimate of drug-likeness (QED) is 0.811. The molecule has 3 nitrogen and oxygen atoms in total. The van der Waals surface area contributed by atoms with Crippen LogP contribution in [0.1, 0.15) is 6.42 Å². The normalized spacial score (nSPS) is 12.6. The Morgan fingerprint density at radius 1 is 1.32 bits per heavy atom. The van der Waals surface area contributed by atoms with E-state index in [0.717, 1.165) is 0 Å². The smallest absolute Gasteiger partial charge is 0.325 e. The lowest BCUT2D eigenvalue weighted by Crippen LogP contribution is -2.27. The van der Waals surface area contributed by atoms with Crippen molar-refractivity contribution in [1.82, 2.24) is 0 Å². The van der Waals surface area contributed by atoms with Crippen molar-refractivity contribution in [2.75, 3.05) is 6.54 Å². The Balaban J connectivity index is 3.00. The molecule has 0 aliphatic carbocycles. The SMILES string of the molecule is N=C(CC(CN)=Nc1cccc(Cl)c1Cl)C(F)(F)F. The van der Waals surface area contributed by atoms with Crippen LogP contribution in [-0.2, 0) is 0 Å². The van der Waals surface area contributed by atoms with Gasteiger partial charge in [0.05, 0.1) is 15.7 Å². The second-order valence-electron chi connectivity index (χ2n) is 3.61. The maximum Gasteiger partial charge on any atom is 0.429 e. The second kappa shape index (κ2) is 6.36. The third kappa shape index (κ3) is 4.49. The maximum absolute atomic E-state index is 12.3. The van der Waals surface area contributed by atoms with E-state index >= 15 is 0 Å². The molecule has 8 heteroatoms. The Kier molecular flexibility index (Phi) is 5.34. The monoisotopic (exact) mass is 311 g/mol. The second-order valence-corrected chi connectivity index (χ2v) is 4.39. The van der Waals surface area contributed by atoms with Gasteiger partial charge in [-0.15, -0.1) is 0 Å². The average molecular weight is 312 g/mol. The van der Waals surface area contributed by atoms with Crippen molar-refractivity contribution in [3.05, 3.63) is 28.2 Å². The number of alkyl halides is 3. The van der Waals surface area contributed by atoms with Gasteiger partial charge in [-0.2, -0.15) is 13.2 Å². The number of hydrogen-bond donors (Lipinski definition) is 2. The Morgan fingerprint density at radius 2 is 1.95 bits per heavy atom. The van der Waals surface area contributed by atoms with Crippen LogP contribution in [0.15, 0.2) is 23.2 Å². The number of rotatable bonds is 4. The molecule has 0 spiro atoms. The number of benzene rings is 1. The third-order valence-electron chi connectivity index (χ3n) is 2.17. The van der Waals surface area contributed by atoms with E-state index in [1.165, 1.54) is 12.1 Å². The molecule has 0 aliphatic rings. The Bertz CT molecular complexity index is 512. The van der Waals surface area contributed by atoms with E-state index in [9.17, 15) is 13.2 Å². The van der Waals surface area contributed by atoms with E-state index in [-0.39, 0.29) is 28.0 Å². The van der Waals surface area contributed by atoms with Gasteiger partial charge >= 0.3 is 6.18 Å². The van der Waals surface area contributed by atoms with Crippen LogP contribution in [0.3, 0.4) is 0 Å². The summed E-state index contributed by atoms with van der Waals surface area (Å²) in [5, 5.41) is 7.29. The van der Waals surface area contributed by atoms with E-state index in [1.807, 2.05) is 0 Å². The Labute approximate surface area is 117 Å². The minimum Gasteiger partial charge on any atom is -0.325 e. The van der Waals surface area contributed by atoms with Gasteiger partial charge in [0.25, 0.3) is 0 Å². The lowest BCUT2D eigenvalue weighted by Gasteiger charge is -2.10. The van der Waals surface area contributed by atoms with Gasteiger partial charge in [-0.3, -0.25) is 4.99 Å². The fourth-order valence-electron chi connectivity index (χ4n) is 1.21. The van der Waals surface area contributed by atoms with Crippen LogP contribution in [0, 0.1) is 5.41 Å². The highest BCUT2D eigenvalue weighted by molar-refractivity contribution is 6.43. The van der Waals surface area contributed by atoms with Crippen molar-refractivity contribution in [2.24, 2.45) is 10.7 Å². The summed E-state index contributed by atoms with van der Waals surface area (Å²) in [5.41, 5.74) is 4.15. The summed E-state index contributed by atoms with van der Waals surface area (Å²) in [6.07, 6.45) is -5.36. The molecule has 19 heavy (non-hydrogen) atoms. The van der Waals surface area contributed by atoms with Gasteiger partial charge < -0.3 is 11.1 Å². The molecule has 0 heterocycles. The molecule has 0 unspecified atom stereocenters. The predicted octanol–water partition coefficient (Wildman–Crippen LogP) is 4.00. The molecule has 0 saturated heterocycles. The van der Waals surface area contributed by atoms with E-state index in [2.05, 4.69) is 4.99 Å².